The van der Waals surface area contributed by atoms with Gasteiger partial charge in [-0.3, -0.25) is 0 Å². The minimum atomic E-state index is -4.37. The van der Waals surface area contributed by atoms with Crippen LogP contribution in [0.4, 0.5) is 13.2 Å². The zero-order valence-corrected chi connectivity index (χ0v) is 21.1. The first-order valence-corrected chi connectivity index (χ1v) is 11.9. The fourth-order valence-electron chi connectivity index (χ4n) is 3.72. The lowest BCUT2D eigenvalue weighted by Crippen LogP contribution is -2.28. The van der Waals surface area contributed by atoms with E-state index >= 15 is 0 Å². The normalized spacial score (nSPS) is 12.5. The lowest BCUT2D eigenvalue weighted by molar-refractivity contribution is -0.153. The Hall–Kier alpha value is -2.91. The molecule has 1 aromatic heterocycles. The van der Waals surface area contributed by atoms with E-state index in [1.807, 2.05) is 39.8 Å². The smallest absolute Gasteiger partial charge is 0.416 e. The minimum Gasteiger partial charge on any atom is -0.488 e. The topological polar surface area (TPSA) is 57.7 Å². The van der Waals surface area contributed by atoms with Crippen LogP contribution in [0.25, 0.3) is 10.6 Å². The summed E-state index contributed by atoms with van der Waals surface area (Å²) in [5.74, 6) is 0.272. The van der Waals surface area contributed by atoms with Crippen molar-refractivity contribution < 1.29 is 32.2 Å². The average molecular weight is 508 g/mol. The van der Waals surface area contributed by atoms with Crippen molar-refractivity contribution in [3.05, 3.63) is 69.2 Å². The molecule has 35 heavy (non-hydrogen) atoms. The van der Waals surface area contributed by atoms with E-state index in [-0.39, 0.29) is 6.61 Å². The molecule has 5 nitrogen and oxygen atoms in total. The van der Waals surface area contributed by atoms with Crippen LogP contribution in [0.2, 0.25) is 0 Å². The van der Waals surface area contributed by atoms with Gasteiger partial charge in [0.1, 0.15) is 17.4 Å². The zero-order chi connectivity index (χ0) is 25.8. The molecule has 0 radical (unpaired) electrons. The van der Waals surface area contributed by atoms with Gasteiger partial charge in [-0.1, -0.05) is 12.1 Å². The van der Waals surface area contributed by atoms with Crippen LogP contribution < -0.4 is 4.74 Å². The second-order valence-electron chi connectivity index (χ2n) is 8.10. The first-order valence-electron chi connectivity index (χ1n) is 11.1. The summed E-state index contributed by atoms with van der Waals surface area (Å²) in [4.78, 5) is 17.4. The van der Waals surface area contributed by atoms with Gasteiger partial charge >= 0.3 is 12.1 Å². The highest BCUT2D eigenvalue weighted by atomic mass is 32.1. The fourth-order valence-corrected chi connectivity index (χ4v) is 4.70. The van der Waals surface area contributed by atoms with Gasteiger partial charge in [-0.25, -0.2) is 9.78 Å². The van der Waals surface area contributed by atoms with Crippen LogP contribution in [0.3, 0.4) is 0 Å². The number of aromatic nitrogens is 1. The maximum absolute atomic E-state index is 12.8. The quantitative estimate of drug-likeness (QED) is 0.312. The molecule has 0 saturated heterocycles. The monoisotopic (exact) mass is 507 g/mol. The molecule has 0 aliphatic carbocycles. The Kier molecular flexibility index (Phi) is 8.56. The highest BCUT2D eigenvalue weighted by Crippen LogP contribution is 2.33. The number of ether oxygens (including phenoxy) is 3. The number of methoxy groups -OCH3 is 1. The van der Waals surface area contributed by atoms with Gasteiger partial charge < -0.3 is 14.2 Å². The zero-order valence-electron chi connectivity index (χ0n) is 20.3. The SMILES string of the molecule is CCOC(Cc1c(C)cc(OCc2sc(-c3ccc(C(F)(F)F)cc3)nc2C)cc1C)C(=O)OC. The molecular weight excluding hydrogens is 479 g/mol. The third-order valence-electron chi connectivity index (χ3n) is 5.61. The number of rotatable bonds is 9. The Morgan fingerprint density at radius 2 is 1.71 bits per heavy atom. The van der Waals surface area contributed by atoms with Gasteiger partial charge in [0.05, 0.1) is 23.2 Å². The van der Waals surface area contributed by atoms with Gasteiger partial charge in [-0.05, 0) is 68.7 Å². The van der Waals surface area contributed by atoms with E-state index in [4.69, 9.17) is 14.2 Å². The van der Waals surface area contributed by atoms with Gasteiger partial charge in [0.15, 0.2) is 6.10 Å². The number of aryl methyl sites for hydroxylation is 3. The van der Waals surface area contributed by atoms with Crippen molar-refractivity contribution in [2.45, 2.75) is 53.0 Å². The van der Waals surface area contributed by atoms with E-state index in [1.54, 1.807) is 0 Å². The molecule has 0 fully saturated rings. The summed E-state index contributed by atoms with van der Waals surface area (Å²) < 4.78 is 54.9. The number of carbonyl (C=O) groups excluding carboxylic acids is 1. The maximum atomic E-state index is 12.8. The summed E-state index contributed by atoms with van der Waals surface area (Å²) in [5, 5.41) is 0.641. The Morgan fingerprint density at radius 3 is 2.26 bits per heavy atom. The summed E-state index contributed by atoms with van der Waals surface area (Å²) in [6, 6.07) is 8.81. The van der Waals surface area contributed by atoms with Crippen LogP contribution >= 0.6 is 11.3 Å². The second kappa shape index (κ2) is 11.2. The number of alkyl halides is 3. The van der Waals surface area contributed by atoms with Crippen molar-refractivity contribution in [3.63, 3.8) is 0 Å². The number of benzene rings is 2. The third kappa shape index (κ3) is 6.61. The lowest BCUT2D eigenvalue weighted by atomic mass is 9.97. The Balaban J connectivity index is 1.72. The molecule has 0 amide bonds. The third-order valence-corrected chi connectivity index (χ3v) is 6.79. The van der Waals surface area contributed by atoms with Crippen LogP contribution in [-0.2, 0) is 33.5 Å². The molecule has 9 heteroatoms. The van der Waals surface area contributed by atoms with E-state index in [1.165, 1.54) is 30.6 Å². The predicted molar refractivity (Wildman–Crippen MR) is 129 cm³/mol. The molecule has 0 aliphatic heterocycles. The number of carbonyl (C=O) groups is 1. The van der Waals surface area contributed by atoms with Crippen molar-refractivity contribution in [1.82, 2.24) is 4.98 Å². The summed E-state index contributed by atoms with van der Waals surface area (Å²) in [6.07, 6.45) is -4.63. The molecule has 0 bridgehead atoms. The molecular formula is C26H28F3NO4S. The molecule has 188 valence electrons. The van der Waals surface area contributed by atoms with E-state index in [0.717, 1.165) is 39.4 Å². The maximum Gasteiger partial charge on any atom is 0.416 e. The number of thiazole rings is 1. The Bertz CT molecular complexity index is 1150. The van der Waals surface area contributed by atoms with Gasteiger partial charge in [-0.15, -0.1) is 11.3 Å². The molecule has 1 atom stereocenters. The number of nitrogens with zero attached hydrogens (tertiary/aromatic N) is 1. The Morgan fingerprint density at radius 1 is 1.09 bits per heavy atom. The van der Waals surface area contributed by atoms with Crippen LogP contribution in [0.1, 0.15) is 39.7 Å². The standard InChI is InChI=1S/C26H28F3NO4S/c1-6-33-22(25(31)32-5)13-21-15(2)11-20(12-16(21)3)34-14-23-17(4)30-24(35-23)18-7-9-19(10-8-18)26(27,28)29/h7-12,22H,6,13-14H2,1-5H3. The summed E-state index contributed by atoms with van der Waals surface area (Å²) in [7, 11) is 1.34. The number of halogens is 3. The van der Waals surface area contributed by atoms with Crippen LogP contribution in [-0.4, -0.2) is 30.8 Å². The molecule has 0 spiro atoms. The summed E-state index contributed by atoms with van der Waals surface area (Å²) in [5.41, 5.74) is 3.65. The molecule has 1 unspecified atom stereocenters. The highest BCUT2D eigenvalue weighted by molar-refractivity contribution is 7.15. The molecule has 0 N–H and O–H groups in total. The molecule has 3 rings (SSSR count). The summed E-state index contributed by atoms with van der Waals surface area (Å²) >= 11 is 1.39. The van der Waals surface area contributed by atoms with Crippen molar-refractivity contribution >= 4 is 17.3 Å². The first kappa shape index (κ1) is 26.7. The van der Waals surface area contributed by atoms with Crippen molar-refractivity contribution in [1.29, 1.82) is 0 Å². The Labute approximate surface area is 206 Å². The van der Waals surface area contributed by atoms with Gasteiger partial charge in [0.2, 0.25) is 0 Å². The summed E-state index contributed by atoms with van der Waals surface area (Å²) in [6.45, 7) is 8.28. The van der Waals surface area contributed by atoms with Crippen LogP contribution in [0, 0.1) is 20.8 Å². The van der Waals surface area contributed by atoms with Crippen molar-refractivity contribution in [2.75, 3.05) is 13.7 Å². The van der Waals surface area contributed by atoms with Crippen molar-refractivity contribution in [3.8, 4) is 16.3 Å². The molecule has 2 aromatic carbocycles. The van der Waals surface area contributed by atoms with E-state index in [0.29, 0.717) is 29.3 Å². The number of hydrogen-bond donors (Lipinski definition) is 0. The largest absolute Gasteiger partial charge is 0.488 e. The fraction of sp³-hybridized carbons (Fsp3) is 0.385. The van der Waals surface area contributed by atoms with Gasteiger partial charge in [0, 0.05) is 18.6 Å². The minimum absolute atomic E-state index is 0.284. The second-order valence-corrected chi connectivity index (χ2v) is 9.18. The van der Waals surface area contributed by atoms with E-state index in [9.17, 15) is 18.0 Å². The average Bonchev–Trinajstić information content (AvgIpc) is 3.18. The molecule has 0 saturated carbocycles. The highest BCUT2D eigenvalue weighted by Gasteiger charge is 2.30. The first-order chi connectivity index (χ1) is 16.5. The van der Waals surface area contributed by atoms with Crippen LogP contribution in [0.5, 0.6) is 5.75 Å². The van der Waals surface area contributed by atoms with Gasteiger partial charge in [-0.2, -0.15) is 13.2 Å². The number of hydrogen-bond acceptors (Lipinski definition) is 6. The molecule has 3 aromatic rings. The van der Waals surface area contributed by atoms with E-state index < -0.39 is 23.8 Å². The van der Waals surface area contributed by atoms with Gasteiger partial charge in [0.25, 0.3) is 0 Å². The van der Waals surface area contributed by atoms with Crippen LogP contribution in [0.15, 0.2) is 36.4 Å². The lowest BCUT2D eigenvalue weighted by Gasteiger charge is -2.18. The predicted octanol–water partition coefficient (Wildman–Crippen LogP) is 6.45. The van der Waals surface area contributed by atoms with E-state index in [2.05, 4.69) is 4.98 Å². The van der Waals surface area contributed by atoms with Crippen molar-refractivity contribution in [2.24, 2.45) is 0 Å². The molecule has 0 aliphatic rings. The number of esters is 1. The molecule has 1 heterocycles.